The smallest absolute Gasteiger partial charge is 0.289 e. The van der Waals surface area contributed by atoms with Crippen LogP contribution in [-0.2, 0) is 6.42 Å². The van der Waals surface area contributed by atoms with Gasteiger partial charge in [-0.1, -0.05) is 6.92 Å². The van der Waals surface area contributed by atoms with Gasteiger partial charge in [0.05, 0.1) is 0 Å². The van der Waals surface area contributed by atoms with Crippen molar-refractivity contribution >= 4 is 5.91 Å². The van der Waals surface area contributed by atoms with Crippen LogP contribution in [0.4, 0.5) is 0 Å². The highest BCUT2D eigenvalue weighted by atomic mass is 16.4. The van der Waals surface area contributed by atoms with Crippen LogP contribution in [0.5, 0.6) is 0 Å². The molecule has 1 fully saturated rings. The van der Waals surface area contributed by atoms with Gasteiger partial charge in [-0.25, -0.2) is 0 Å². The van der Waals surface area contributed by atoms with E-state index in [4.69, 9.17) is 10.2 Å². The van der Waals surface area contributed by atoms with Crippen LogP contribution >= 0.6 is 0 Å². The number of hydrogen-bond acceptors (Lipinski definition) is 3. The molecule has 94 valence electrons. The van der Waals surface area contributed by atoms with Gasteiger partial charge in [-0.2, -0.15) is 0 Å². The summed E-state index contributed by atoms with van der Waals surface area (Å²) in [7, 11) is 0. The zero-order valence-corrected chi connectivity index (χ0v) is 10.5. The molecular formula is C13H20N2O2. The SMILES string of the molecule is CCc1oc(C(=O)N2CC[C@H](CN)C2)cc1C. The molecule has 1 amide bonds. The molecule has 2 N–H and O–H groups in total. The van der Waals surface area contributed by atoms with Crippen molar-refractivity contribution < 1.29 is 9.21 Å². The fourth-order valence-corrected chi connectivity index (χ4v) is 2.34. The molecule has 0 spiro atoms. The highest BCUT2D eigenvalue weighted by Crippen LogP contribution is 2.21. The van der Waals surface area contributed by atoms with Gasteiger partial charge in [0.15, 0.2) is 5.76 Å². The summed E-state index contributed by atoms with van der Waals surface area (Å²) in [5, 5.41) is 0. The van der Waals surface area contributed by atoms with E-state index in [1.165, 1.54) is 0 Å². The minimum Gasteiger partial charge on any atom is -0.456 e. The van der Waals surface area contributed by atoms with Gasteiger partial charge in [0, 0.05) is 19.5 Å². The molecule has 0 aliphatic carbocycles. The van der Waals surface area contributed by atoms with Crippen LogP contribution in [0.3, 0.4) is 0 Å². The average molecular weight is 236 g/mol. The van der Waals surface area contributed by atoms with Gasteiger partial charge in [0.1, 0.15) is 5.76 Å². The zero-order chi connectivity index (χ0) is 12.4. The number of hydrogen-bond donors (Lipinski definition) is 1. The second kappa shape index (κ2) is 4.92. The lowest BCUT2D eigenvalue weighted by Gasteiger charge is -2.14. The Kier molecular flexibility index (Phi) is 3.52. The van der Waals surface area contributed by atoms with E-state index in [2.05, 4.69) is 0 Å². The van der Waals surface area contributed by atoms with E-state index in [-0.39, 0.29) is 5.91 Å². The van der Waals surface area contributed by atoms with Crippen molar-refractivity contribution in [3.05, 3.63) is 23.2 Å². The summed E-state index contributed by atoms with van der Waals surface area (Å²) in [5.41, 5.74) is 6.68. The largest absolute Gasteiger partial charge is 0.456 e. The number of carbonyl (C=O) groups excluding carboxylic acids is 1. The molecular weight excluding hydrogens is 216 g/mol. The average Bonchev–Trinajstić information content (AvgIpc) is 2.94. The topological polar surface area (TPSA) is 59.5 Å². The van der Waals surface area contributed by atoms with Crippen LogP contribution in [-0.4, -0.2) is 30.4 Å². The second-order valence-corrected chi connectivity index (χ2v) is 4.71. The van der Waals surface area contributed by atoms with Gasteiger partial charge in [-0.05, 0) is 37.4 Å². The van der Waals surface area contributed by atoms with Gasteiger partial charge in [0.25, 0.3) is 5.91 Å². The molecule has 1 saturated heterocycles. The quantitative estimate of drug-likeness (QED) is 0.866. The van der Waals surface area contributed by atoms with Crippen molar-refractivity contribution in [2.24, 2.45) is 11.7 Å². The third-order valence-electron chi connectivity index (χ3n) is 3.46. The number of carbonyl (C=O) groups is 1. The molecule has 0 radical (unpaired) electrons. The van der Waals surface area contributed by atoms with E-state index in [9.17, 15) is 4.79 Å². The maximum Gasteiger partial charge on any atom is 0.289 e. The fourth-order valence-electron chi connectivity index (χ4n) is 2.34. The minimum absolute atomic E-state index is 0.00347. The standard InChI is InChI=1S/C13H20N2O2/c1-3-11-9(2)6-12(17-11)13(16)15-5-4-10(7-14)8-15/h6,10H,3-5,7-8,14H2,1-2H3/t10-/m1/s1. The number of rotatable bonds is 3. The van der Waals surface area contributed by atoms with Crippen molar-refractivity contribution in [1.82, 2.24) is 4.90 Å². The first-order valence-corrected chi connectivity index (χ1v) is 6.24. The van der Waals surface area contributed by atoms with E-state index < -0.39 is 0 Å². The highest BCUT2D eigenvalue weighted by molar-refractivity contribution is 5.92. The number of likely N-dealkylation sites (tertiary alicyclic amines) is 1. The van der Waals surface area contributed by atoms with Crippen molar-refractivity contribution in [2.45, 2.75) is 26.7 Å². The molecule has 1 atom stereocenters. The molecule has 1 aliphatic heterocycles. The molecule has 2 rings (SSSR count). The predicted octanol–water partition coefficient (Wildman–Crippen LogP) is 1.57. The van der Waals surface area contributed by atoms with Gasteiger partial charge in [-0.15, -0.1) is 0 Å². The predicted molar refractivity (Wildman–Crippen MR) is 65.9 cm³/mol. The van der Waals surface area contributed by atoms with E-state index in [0.717, 1.165) is 37.3 Å². The van der Waals surface area contributed by atoms with Crippen molar-refractivity contribution in [3.63, 3.8) is 0 Å². The van der Waals surface area contributed by atoms with Gasteiger partial charge in [-0.3, -0.25) is 4.79 Å². The fraction of sp³-hybridized carbons (Fsp3) is 0.615. The summed E-state index contributed by atoms with van der Waals surface area (Å²) in [6.45, 7) is 6.21. The Hall–Kier alpha value is -1.29. The lowest BCUT2D eigenvalue weighted by molar-refractivity contribution is 0.0754. The maximum absolute atomic E-state index is 12.2. The van der Waals surface area contributed by atoms with Crippen LogP contribution in [0, 0.1) is 12.8 Å². The molecule has 1 aliphatic rings. The van der Waals surface area contributed by atoms with Crippen LogP contribution in [0.25, 0.3) is 0 Å². The molecule has 4 heteroatoms. The Morgan fingerprint density at radius 3 is 2.94 bits per heavy atom. The van der Waals surface area contributed by atoms with E-state index in [1.807, 2.05) is 24.8 Å². The van der Waals surface area contributed by atoms with Gasteiger partial charge < -0.3 is 15.1 Å². The molecule has 0 bridgehead atoms. The Balaban J connectivity index is 2.09. The number of aryl methyl sites for hydroxylation is 2. The van der Waals surface area contributed by atoms with Crippen molar-refractivity contribution in [2.75, 3.05) is 19.6 Å². The zero-order valence-electron chi connectivity index (χ0n) is 10.5. The lowest BCUT2D eigenvalue weighted by Crippen LogP contribution is -2.29. The summed E-state index contributed by atoms with van der Waals surface area (Å²) in [4.78, 5) is 14.0. The summed E-state index contributed by atoms with van der Waals surface area (Å²) in [5.74, 6) is 1.82. The van der Waals surface area contributed by atoms with E-state index >= 15 is 0 Å². The number of amides is 1. The van der Waals surface area contributed by atoms with Crippen molar-refractivity contribution in [3.8, 4) is 0 Å². The van der Waals surface area contributed by atoms with Crippen LogP contribution < -0.4 is 5.73 Å². The lowest BCUT2D eigenvalue weighted by atomic mass is 10.1. The third-order valence-corrected chi connectivity index (χ3v) is 3.46. The maximum atomic E-state index is 12.2. The molecule has 0 unspecified atom stereocenters. The number of nitrogens with two attached hydrogens (primary N) is 1. The molecule has 4 nitrogen and oxygen atoms in total. The first-order chi connectivity index (χ1) is 8.15. The Bertz CT molecular complexity index is 412. The molecule has 0 aromatic carbocycles. The summed E-state index contributed by atoms with van der Waals surface area (Å²) in [6.07, 6.45) is 1.83. The van der Waals surface area contributed by atoms with Crippen LogP contribution in [0.2, 0.25) is 0 Å². The van der Waals surface area contributed by atoms with E-state index in [1.54, 1.807) is 0 Å². The third kappa shape index (κ3) is 2.36. The van der Waals surface area contributed by atoms with Gasteiger partial charge in [0.2, 0.25) is 0 Å². The highest BCUT2D eigenvalue weighted by Gasteiger charge is 2.28. The summed E-state index contributed by atoms with van der Waals surface area (Å²) < 4.78 is 5.58. The second-order valence-electron chi connectivity index (χ2n) is 4.71. The molecule has 1 aromatic rings. The molecule has 2 heterocycles. The normalized spacial score (nSPS) is 19.9. The molecule has 17 heavy (non-hydrogen) atoms. The van der Waals surface area contributed by atoms with Crippen molar-refractivity contribution in [1.29, 1.82) is 0 Å². The van der Waals surface area contributed by atoms with E-state index in [0.29, 0.717) is 18.2 Å². The molecule has 0 saturated carbocycles. The Morgan fingerprint density at radius 2 is 2.41 bits per heavy atom. The summed E-state index contributed by atoms with van der Waals surface area (Å²) >= 11 is 0. The number of nitrogens with zero attached hydrogens (tertiary/aromatic N) is 1. The number of furan rings is 1. The first-order valence-electron chi connectivity index (χ1n) is 6.24. The molecule has 1 aromatic heterocycles. The monoisotopic (exact) mass is 236 g/mol. The Labute approximate surface area is 102 Å². The van der Waals surface area contributed by atoms with Crippen LogP contribution in [0.1, 0.15) is 35.2 Å². The first kappa shape index (κ1) is 12.2. The van der Waals surface area contributed by atoms with Crippen LogP contribution in [0.15, 0.2) is 10.5 Å². The van der Waals surface area contributed by atoms with Gasteiger partial charge >= 0.3 is 0 Å². The minimum atomic E-state index is 0.00347. The Morgan fingerprint density at radius 1 is 1.65 bits per heavy atom. The summed E-state index contributed by atoms with van der Waals surface area (Å²) in [6, 6.07) is 1.84.